The molecule has 1 aliphatic rings. The second-order valence-electron chi connectivity index (χ2n) is 5.57. The van der Waals surface area contributed by atoms with Gasteiger partial charge in [-0.3, -0.25) is 9.48 Å². The Bertz CT molecular complexity index is 719. The lowest BCUT2D eigenvalue weighted by atomic mass is 10.1. The molecule has 0 bridgehead atoms. The monoisotopic (exact) mass is 285 g/mol. The standard InChI is InChI=1S/C16H19N3O2/c1-10-7-11(2)15-13(8-10)19(5-6-21-15)16(20)14-12(3)9-18(4)17-14/h7-9H,5-6H2,1-4H3. The van der Waals surface area contributed by atoms with Gasteiger partial charge in [-0.05, 0) is 38.0 Å². The second kappa shape index (κ2) is 4.91. The molecule has 0 radical (unpaired) electrons. The van der Waals surface area contributed by atoms with E-state index < -0.39 is 0 Å². The fourth-order valence-electron chi connectivity index (χ4n) is 2.84. The van der Waals surface area contributed by atoms with Gasteiger partial charge in [-0.1, -0.05) is 6.07 Å². The number of hydrogen-bond donors (Lipinski definition) is 0. The molecular formula is C16H19N3O2. The van der Waals surface area contributed by atoms with E-state index in [1.54, 1.807) is 9.58 Å². The number of hydrogen-bond acceptors (Lipinski definition) is 3. The molecule has 0 spiro atoms. The van der Waals surface area contributed by atoms with Crippen molar-refractivity contribution in [2.45, 2.75) is 20.8 Å². The Morgan fingerprint density at radius 1 is 1.24 bits per heavy atom. The molecule has 0 saturated heterocycles. The van der Waals surface area contributed by atoms with Gasteiger partial charge in [0.25, 0.3) is 5.91 Å². The van der Waals surface area contributed by atoms with Gasteiger partial charge in [0.1, 0.15) is 12.4 Å². The molecule has 5 heteroatoms. The van der Waals surface area contributed by atoms with Gasteiger partial charge in [-0.15, -0.1) is 0 Å². The fourth-order valence-corrected chi connectivity index (χ4v) is 2.84. The number of aryl methyl sites for hydroxylation is 4. The largest absolute Gasteiger partial charge is 0.489 e. The van der Waals surface area contributed by atoms with Crippen LogP contribution >= 0.6 is 0 Å². The lowest BCUT2D eigenvalue weighted by Gasteiger charge is -2.30. The summed E-state index contributed by atoms with van der Waals surface area (Å²) in [7, 11) is 1.82. The van der Waals surface area contributed by atoms with Crippen LogP contribution < -0.4 is 9.64 Å². The Morgan fingerprint density at radius 2 is 2.00 bits per heavy atom. The van der Waals surface area contributed by atoms with Crippen LogP contribution in [-0.2, 0) is 7.05 Å². The number of aromatic nitrogens is 2. The molecule has 1 aromatic carbocycles. The molecule has 0 atom stereocenters. The van der Waals surface area contributed by atoms with Crippen molar-refractivity contribution in [3.63, 3.8) is 0 Å². The first-order valence-electron chi connectivity index (χ1n) is 7.03. The zero-order valence-electron chi connectivity index (χ0n) is 12.8. The Kier molecular flexibility index (Phi) is 3.20. The predicted molar refractivity (Wildman–Crippen MR) is 81.0 cm³/mol. The quantitative estimate of drug-likeness (QED) is 0.808. The SMILES string of the molecule is Cc1cc(C)c2c(c1)N(C(=O)c1nn(C)cc1C)CCO2. The van der Waals surface area contributed by atoms with E-state index >= 15 is 0 Å². The molecule has 21 heavy (non-hydrogen) atoms. The molecular weight excluding hydrogens is 266 g/mol. The topological polar surface area (TPSA) is 47.4 Å². The number of benzene rings is 1. The highest BCUT2D eigenvalue weighted by atomic mass is 16.5. The molecule has 0 aliphatic carbocycles. The van der Waals surface area contributed by atoms with Crippen molar-refractivity contribution in [3.05, 3.63) is 40.7 Å². The van der Waals surface area contributed by atoms with Crippen LogP contribution in [0, 0.1) is 20.8 Å². The first-order valence-corrected chi connectivity index (χ1v) is 7.03. The van der Waals surface area contributed by atoms with Crippen molar-refractivity contribution in [2.75, 3.05) is 18.1 Å². The number of carbonyl (C=O) groups excluding carboxylic acids is 1. The van der Waals surface area contributed by atoms with Gasteiger partial charge in [-0.25, -0.2) is 0 Å². The zero-order valence-corrected chi connectivity index (χ0v) is 12.8. The van der Waals surface area contributed by atoms with E-state index in [-0.39, 0.29) is 5.91 Å². The van der Waals surface area contributed by atoms with Crippen molar-refractivity contribution < 1.29 is 9.53 Å². The highest BCUT2D eigenvalue weighted by molar-refractivity contribution is 6.06. The molecule has 3 rings (SSSR count). The number of carbonyl (C=O) groups is 1. The van der Waals surface area contributed by atoms with Gasteiger partial charge in [-0.2, -0.15) is 5.10 Å². The van der Waals surface area contributed by atoms with Crippen LogP contribution in [0.4, 0.5) is 5.69 Å². The van der Waals surface area contributed by atoms with Crippen molar-refractivity contribution in [2.24, 2.45) is 7.05 Å². The predicted octanol–water partition coefficient (Wildman–Crippen LogP) is 2.38. The van der Waals surface area contributed by atoms with Gasteiger partial charge in [0.2, 0.25) is 0 Å². The van der Waals surface area contributed by atoms with Gasteiger partial charge in [0, 0.05) is 18.8 Å². The number of ether oxygens (including phenoxy) is 1. The van der Waals surface area contributed by atoms with Crippen LogP contribution in [0.15, 0.2) is 18.3 Å². The van der Waals surface area contributed by atoms with E-state index in [2.05, 4.69) is 11.2 Å². The maximum atomic E-state index is 12.8. The Balaban J connectivity index is 2.06. The fraction of sp³-hybridized carbons (Fsp3) is 0.375. The highest BCUT2D eigenvalue weighted by Crippen LogP contribution is 2.36. The lowest BCUT2D eigenvalue weighted by Crippen LogP contribution is -2.38. The molecule has 0 unspecified atom stereocenters. The van der Waals surface area contributed by atoms with Crippen LogP contribution in [0.25, 0.3) is 0 Å². The first-order chi connectivity index (χ1) is 9.97. The van der Waals surface area contributed by atoms with E-state index in [0.717, 1.165) is 28.1 Å². The third-order valence-electron chi connectivity index (χ3n) is 3.71. The summed E-state index contributed by atoms with van der Waals surface area (Å²) in [4.78, 5) is 14.6. The van der Waals surface area contributed by atoms with Crippen LogP contribution in [0.2, 0.25) is 0 Å². The Hall–Kier alpha value is -2.30. The molecule has 1 amide bonds. The van der Waals surface area contributed by atoms with Crippen LogP contribution in [-0.4, -0.2) is 28.8 Å². The van der Waals surface area contributed by atoms with Crippen molar-refractivity contribution in [1.82, 2.24) is 9.78 Å². The highest BCUT2D eigenvalue weighted by Gasteiger charge is 2.28. The number of amides is 1. The summed E-state index contributed by atoms with van der Waals surface area (Å²) in [5, 5.41) is 4.29. The molecule has 2 heterocycles. The molecule has 0 fully saturated rings. The average molecular weight is 285 g/mol. The first kappa shape index (κ1) is 13.7. The summed E-state index contributed by atoms with van der Waals surface area (Å²) in [6, 6.07) is 4.07. The summed E-state index contributed by atoms with van der Waals surface area (Å²) in [5.41, 5.74) is 4.41. The summed E-state index contributed by atoms with van der Waals surface area (Å²) < 4.78 is 7.41. The van der Waals surface area contributed by atoms with E-state index in [9.17, 15) is 4.79 Å². The number of anilines is 1. The molecule has 1 aromatic heterocycles. The van der Waals surface area contributed by atoms with Crippen LogP contribution in [0.1, 0.15) is 27.2 Å². The molecule has 5 nitrogen and oxygen atoms in total. The van der Waals surface area contributed by atoms with E-state index in [1.807, 2.05) is 40.1 Å². The van der Waals surface area contributed by atoms with Crippen molar-refractivity contribution in [1.29, 1.82) is 0 Å². The normalized spacial score (nSPS) is 13.8. The number of rotatable bonds is 1. The number of fused-ring (bicyclic) bond motifs is 1. The van der Waals surface area contributed by atoms with Crippen molar-refractivity contribution in [3.8, 4) is 5.75 Å². The van der Waals surface area contributed by atoms with E-state index in [4.69, 9.17) is 4.74 Å². The average Bonchev–Trinajstić information content (AvgIpc) is 2.76. The third kappa shape index (κ3) is 2.28. The zero-order chi connectivity index (χ0) is 15.1. The Morgan fingerprint density at radius 3 is 2.67 bits per heavy atom. The van der Waals surface area contributed by atoms with Gasteiger partial charge in [0.05, 0.1) is 12.2 Å². The van der Waals surface area contributed by atoms with Gasteiger partial charge in [0.15, 0.2) is 5.69 Å². The maximum Gasteiger partial charge on any atom is 0.279 e. The van der Waals surface area contributed by atoms with E-state index in [1.165, 1.54) is 0 Å². The smallest absolute Gasteiger partial charge is 0.279 e. The summed E-state index contributed by atoms with van der Waals surface area (Å²) >= 11 is 0. The number of nitrogens with zero attached hydrogens (tertiary/aromatic N) is 3. The van der Waals surface area contributed by atoms with Crippen LogP contribution in [0.3, 0.4) is 0 Å². The summed E-state index contributed by atoms with van der Waals surface area (Å²) in [6.07, 6.45) is 1.86. The molecule has 2 aromatic rings. The van der Waals surface area contributed by atoms with Gasteiger partial charge >= 0.3 is 0 Å². The summed E-state index contributed by atoms with van der Waals surface area (Å²) in [6.45, 7) is 6.99. The Labute approximate surface area is 124 Å². The second-order valence-corrected chi connectivity index (χ2v) is 5.57. The minimum atomic E-state index is -0.0670. The van der Waals surface area contributed by atoms with E-state index in [0.29, 0.717) is 18.8 Å². The molecule has 1 aliphatic heterocycles. The minimum absolute atomic E-state index is 0.0670. The maximum absolute atomic E-state index is 12.8. The third-order valence-corrected chi connectivity index (χ3v) is 3.71. The van der Waals surface area contributed by atoms with Crippen LogP contribution in [0.5, 0.6) is 5.75 Å². The molecule has 0 saturated carbocycles. The minimum Gasteiger partial charge on any atom is -0.489 e. The van der Waals surface area contributed by atoms with Crippen molar-refractivity contribution >= 4 is 11.6 Å². The lowest BCUT2D eigenvalue weighted by molar-refractivity contribution is 0.0970. The van der Waals surface area contributed by atoms with Gasteiger partial charge < -0.3 is 9.64 Å². The summed E-state index contributed by atoms with van der Waals surface area (Å²) in [5.74, 6) is 0.733. The molecule has 110 valence electrons. The molecule has 0 N–H and O–H groups in total.